The van der Waals surface area contributed by atoms with E-state index in [9.17, 15) is 15.2 Å². The molecule has 2 heterocycles. The summed E-state index contributed by atoms with van der Waals surface area (Å²) in [5, 5.41) is 20.6. The van der Waals surface area contributed by atoms with Gasteiger partial charge in [-0.3, -0.25) is 15.0 Å². The summed E-state index contributed by atoms with van der Waals surface area (Å²) in [6.45, 7) is 0.754. The highest BCUT2D eigenvalue weighted by Crippen LogP contribution is 2.36. The van der Waals surface area contributed by atoms with Crippen LogP contribution in [0.4, 0.5) is 5.69 Å². The highest BCUT2D eigenvalue weighted by Gasteiger charge is 2.39. The number of nitro benzene ring substituents is 1. The molecule has 2 unspecified atom stereocenters. The van der Waals surface area contributed by atoms with E-state index in [2.05, 4.69) is 4.90 Å². The molecule has 5 heteroatoms. The van der Waals surface area contributed by atoms with Crippen LogP contribution in [0.25, 0.3) is 0 Å². The number of fused-ring (bicyclic) bond motifs is 2. The minimum absolute atomic E-state index is 0.155. The van der Waals surface area contributed by atoms with Crippen LogP contribution < -0.4 is 0 Å². The van der Waals surface area contributed by atoms with E-state index < -0.39 is 0 Å². The van der Waals surface area contributed by atoms with Crippen molar-refractivity contribution >= 4 is 5.69 Å². The van der Waals surface area contributed by atoms with Gasteiger partial charge >= 0.3 is 0 Å². The summed E-state index contributed by atoms with van der Waals surface area (Å²) in [6.07, 6.45) is 3.78. The average Bonchev–Trinajstić information content (AvgIpc) is 2.62. The summed E-state index contributed by atoms with van der Waals surface area (Å²) in [4.78, 5) is 12.8. The van der Waals surface area contributed by atoms with Gasteiger partial charge in [0.05, 0.1) is 11.0 Å². The second-order valence-electron chi connectivity index (χ2n) is 5.61. The Kier molecular flexibility index (Phi) is 3.24. The molecule has 0 spiro atoms. The predicted molar refractivity (Wildman–Crippen MR) is 70.7 cm³/mol. The standard InChI is InChI=1S/C14H18N2O3/c17-14-7-11-4-5-12(8-14)15(11)9-10-2-1-3-13(6-10)16(18)19/h1-3,6,11-12,14,17H,4-5,7-9H2. The Balaban J connectivity index is 1.75. The third-order valence-electron chi connectivity index (χ3n) is 4.35. The quantitative estimate of drug-likeness (QED) is 0.669. The number of aliphatic hydroxyl groups excluding tert-OH is 1. The van der Waals surface area contributed by atoms with Crippen LogP contribution in [0.15, 0.2) is 24.3 Å². The van der Waals surface area contributed by atoms with Gasteiger partial charge in [-0.2, -0.15) is 0 Å². The van der Waals surface area contributed by atoms with E-state index in [1.165, 1.54) is 6.07 Å². The minimum atomic E-state index is -0.349. The summed E-state index contributed by atoms with van der Waals surface area (Å²) in [6, 6.07) is 7.75. The number of rotatable bonds is 3. The van der Waals surface area contributed by atoms with Gasteiger partial charge in [0.2, 0.25) is 0 Å². The molecule has 2 bridgehead atoms. The maximum atomic E-state index is 10.8. The van der Waals surface area contributed by atoms with Gasteiger partial charge in [-0.05, 0) is 31.2 Å². The maximum Gasteiger partial charge on any atom is 0.269 e. The van der Waals surface area contributed by atoms with Crippen LogP contribution in [0.3, 0.4) is 0 Å². The Morgan fingerprint density at radius 1 is 1.32 bits per heavy atom. The lowest BCUT2D eigenvalue weighted by molar-refractivity contribution is -0.384. The fraction of sp³-hybridized carbons (Fsp3) is 0.571. The Bertz CT molecular complexity index is 477. The first-order valence-electron chi connectivity index (χ1n) is 6.80. The first kappa shape index (κ1) is 12.6. The van der Waals surface area contributed by atoms with Gasteiger partial charge in [0.1, 0.15) is 0 Å². The van der Waals surface area contributed by atoms with Crippen LogP contribution in [-0.2, 0) is 6.54 Å². The number of hydrogen-bond acceptors (Lipinski definition) is 4. The van der Waals surface area contributed by atoms with Gasteiger partial charge in [-0.25, -0.2) is 0 Å². The molecule has 102 valence electrons. The molecule has 2 aliphatic rings. The van der Waals surface area contributed by atoms with Gasteiger partial charge < -0.3 is 5.11 Å². The van der Waals surface area contributed by atoms with Crippen LogP contribution in [0.5, 0.6) is 0 Å². The van der Waals surface area contributed by atoms with Crippen molar-refractivity contribution in [2.75, 3.05) is 0 Å². The third kappa shape index (κ3) is 2.48. The molecule has 2 aliphatic heterocycles. The van der Waals surface area contributed by atoms with Crippen molar-refractivity contribution in [3.8, 4) is 0 Å². The Morgan fingerprint density at radius 3 is 2.63 bits per heavy atom. The zero-order valence-corrected chi connectivity index (χ0v) is 10.7. The van der Waals surface area contributed by atoms with Crippen LogP contribution in [-0.4, -0.2) is 33.1 Å². The van der Waals surface area contributed by atoms with Crippen molar-refractivity contribution in [2.45, 2.75) is 50.4 Å². The van der Waals surface area contributed by atoms with Crippen molar-refractivity contribution in [1.82, 2.24) is 4.90 Å². The van der Waals surface area contributed by atoms with Gasteiger partial charge in [-0.15, -0.1) is 0 Å². The van der Waals surface area contributed by atoms with Crippen LogP contribution in [0, 0.1) is 10.1 Å². The van der Waals surface area contributed by atoms with Crippen molar-refractivity contribution < 1.29 is 10.0 Å². The number of benzene rings is 1. The van der Waals surface area contributed by atoms with Crippen LogP contribution in [0.1, 0.15) is 31.2 Å². The first-order valence-corrected chi connectivity index (χ1v) is 6.80. The second kappa shape index (κ2) is 4.90. The molecule has 1 N–H and O–H groups in total. The van der Waals surface area contributed by atoms with E-state index in [1.807, 2.05) is 6.07 Å². The van der Waals surface area contributed by atoms with Gasteiger partial charge in [0.15, 0.2) is 0 Å². The van der Waals surface area contributed by atoms with E-state index >= 15 is 0 Å². The Hall–Kier alpha value is -1.46. The number of nitro groups is 1. The molecule has 0 saturated carbocycles. The highest BCUT2D eigenvalue weighted by molar-refractivity contribution is 5.34. The number of piperidine rings is 1. The maximum absolute atomic E-state index is 10.8. The van der Waals surface area contributed by atoms with Gasteiger partial charge in [-0.1, -0.05) is 12.1 Å². The van der Waals surface area contributed by atoms with E-state index in [4.69, 9.17) is 0 Å². The van der Waals surface area contributed by atoms with E-state index in [-0.39, 0.29) is 16.7 Å². The summed E-state index contributed by atoms with van der Waals surface area (Å²) in [7, 11) is 0. The SMILES string of the molecule is O=[N+]([O-])c1cccc(CN2C3CCC2CC(O)C3)c1. The lowest BCUT2D eigenvalue weighted by Gasteiger charge is -2.37. The number of aliphatic hydroxyl groups is 1. The highest BCUT2D eigenvalue weighted by atomic mass is 16.6. The number of non-ortho nitro benzene ring substituents is 1. The zero-order valence-electron chi connectivity index (χ0n) is 10.7. The lowest BCUT2D eigenvalue weighted by Crippen LogP contribution is -2.44. The Morgan fingerprint density at radius 2 is 2.00 bits per heavy atom. The molecule has 0 amide bonds. The summed E-state index contributed by atoms with van der Waals surface area (Å²) >= 11 is 0. The molecule has 0 aliphatic carbocycles. The molecular formula is C14H18N2O3. The predicted octanol–water partition coefficient (Wildman–Crippen LogP) is 2.08. The molecule has 0 aromatic heterocycles. The van der Waals surface area contributed by atoms with Crippen molar-refractivity contribution in [3.05, 3.63) is 39.9 Å². The molecule has 19 heavy (non-hydrogen) atoms. The molecule has 2 saturated heterocycles. The van der Waals surface area contributed by atoms with Gasteiger partial charge in [0, 0.05) is 30.8 Å². The molecule has 3 rings (SSSR count). The topological polar surface area (TPSA) is 66.6 Å². The zero-order chi connectivity index (χ0) is 13.4. The number of nitrogens with zero attached hydrogens (tertiary/aromatic N) is 2. The van der Waals surface area contributed by atoms with Crippen molar-refractivity contribution in [2.24, 2.45) is 0 Å². The molecule has 2 atom stereocenters. The van der Waals surface area contributed by atoms with E-state index in [0.29, 0.717) is 12.1 Å². The van der Waals surface area contributed by atoms with E-state index in [0.717, 1.165) is 37.8 Å². The molecule has 2 fully saturated rings. The van der Waals surface area contributed by atoms with Gasteiger partial charge in [0.25, 0.3) is 5.69 Å². The second-order valence-corrected chi connectivity index (χ2v) is 5.61. The third-order valence-corrected chi connectivity index (χ3v) is 4.35. The normalized spacial score (nSPS) is 30.5. The molecule has 0 radical (unpaired) electrons. The van der Waals surface area contributed by atoms with Crippen LogP contribution >= 0.6 is 0 Å². The molecule has 1 aromatic rings. The number of hydrogen-bond donors (Lipinski definition) is 1. The summed E-state index contributed by atoms with van der Waals surface area (Å²) in [5.74, 6) is 0. The van der Waals surface area contributed by atoms with Crippen molar-refractivity contribution in [1.29, 1.82) is 0 Å². The summed E-state index contributed by atoms with van der Waals surface area (Å²) < 4.78 is 0. The lowest BCUT2D eigenvalue weighted by atomic mass is 9.99. The largest absolute Gasteiger partial charge is 0.393 e. The fourth-order valence-electron chi connectivity index (χ4n) is 3.48. The fourth-order valence-corrected chi connectivity index (χ4v) is 3.48. The van der Waals surface area contributed by atoms with E-state index in [1.54, 1.807) is 12.1 Å². The Labute approximate surface area is 112 Å². The smallest absolute Gasteiger partial charge is 0.269 e. The molecule has 1 aromatic carbocycles. The summed E-state index contributed by atoms with van der Waals surface area (Å²) in [5.41, 5.74) is 1.14. The first-order chi connectivity index (χ1) is 9.13. The van der Waals surface area contributed by atoms with Crippen LogP contribution in [0.2, 0.25) is 0 Å². The molecular weight excluding hydrogens is 244 g/mol. The average molecular weight is 262 g/mol. The molecule has 5 nitrogen and oxygen atoms in total. The minimum Gasteiger partial charge on any atom is -0.393 e. The monoisotopic (exact) mass is 262 g/mol. The van der Waals surface area contributed by atoms with Crippen molar-refractivity contribution in [3.63, 3.8) is 0 Å².